The zero-order valence-corrected chi connectivity index (χ0v) is 17.9. The number of hydrogen-bond donors (Lipinski definition) is 1. The molecule has 0 fully saturated rings. The van der Waals surface area contributed by atoms with Crippen LogP contribution in [0.2, 0.25) is 0 Å². The monoisotopic (exact) mass is 429 g/mol. The number of H-pyrrole nitrogens is 1. The average Bonchev–Trinajstić information content (AvgIpc) is 3.40. The molecule has 0 radical (unpaired) electrons. The highest BCUT2D eigenvalue weighted by molar-refractivity contribution is 7.17. The number of ether oxygens (including phenoxy) is 2. The lowest BCUT2D eigenvalue weighted by atomic mass is 10.0. The largest absolute Gasteiger partial charge is 0.497 e. The van der Waals surface area contributed by atoms with Gasteiger partial charge in [0.2, 0.25) is 0 Å². The molecule has 4 heterocycles. The third-order valence-electron chi connectivity index (χ3n) is 6.02. The number of fused-ring (bicyclic) bond motifs is 6. The molecule has 0 amide bonds. The minimum absolute atomic E-state index is 0.0153. The summed E-state index contributed by atoms with van der Waals surface area (Å²) in [4.78, 5) is 22.8. The topological polar surface area (TPSA) is 69.1 Å². The fourth-order valence-electron chi connectivity index (χ4n) is 4.52. The highest BCUT2D eigenvalue weighted by Gasteiger charge is 2.26. The van der Waals surface area contributed by atoms with Gasteiger partial charge in [0.1, 0.15) is 16.3 Å². The molecule has 2 aromatic carbocycles. The number of thiophene rings is 1. The van der Waals surface area contributed by atoms with Gasteiger partial charge in [-0.3, -0.25) is 9.36 Å². The standard InChI is InChI=1S/C24H19N3O3S/c1-29-13-7-8-15(19(11-13)30-2)17-12-31-23-20(17)24(28)27-10-9-16-14-5-3-4-6-18(14)25-21(16)22(27)26-23/h3-8,11-12,25H,9-10H2,1-2H3. The van der Waals surface area contributed by atoms with Crippen LogP contribution >= 0.6 is 11.3 Å². The number of rotatable bonds is 3. The van der Waals surface area contributed by atoms with Crippen LogP contribution in [0.3, 0.4) is 0 Å². The van der Waals surface area contributed by atoms with E-state index in [1.54, 1.807) is 18.8 Å². The van der Waals surface area contributed by atoms with Gasteiger partial charge in [-0.25, -0.2) is 4.98 Å². The Morgan fingerprint density at radius 3 is 2.81 bits per heavy atom. The Morgan fingerprint density at radius 1 is 1.10 bits per heavy atom. The normalized spacial score (nSPS) is 12.7. The van der Waals surface area contributed by atoms with Gasteiger partial charge in [0, 0.05) is 40.0 Å². The van der Waals surface area contributed by atoms with E-state index >= 15 is 0 Å². The van der Waals surface area contributed by atoms with Crippen molar-refractivity contribution in [2.75, 3.05) is 14.2 Å². The van der Waals surface area contributed by atoms with Gasteiger partial charge >= 0.3 is 0 Å². The molecule has 154 valence electrons. The van der Waals surface area contributed by atoms with Crippen LogP contribution in [0.25, 0.3) is 43.8 Å². The van der Waals surface area contributed by atoms with Crippen molar-refractivity contribution in [3.63, 3.8) is 0 Å². The van der Waals surface area contributed by atoms with Crippen molar-refractivity contribution in [1.82, 2.24) is 14.5 Å². The summed E-state index contributed by atoms with van der Waals surface area (Å²) in [5.41, 5.74) is 4.94. The Hall–Kier alpha value is -3.58. The van der Waals surface area contributed by atoms with E-state index in [1.807, 2.05) is 35.7 Å². The fraction of sp³-hybridized carbons (Fsp3) is 0.167. The zero-order chi connectivity index (χ0) is 21.1. The molecular weight excluding hydrogens is 410 g/mol. The Balaban J connectivity index is 1.60. The molecular formula is C24H19N3O3S. The van der Waals surface area contributed by atoms with Crippen molar-refractivity contribution in [2.24, 2.45) is 0 Å². The number of aromatic nitrogens is 3. The number of nitrogens with zero attached hydrogens (tertiary/aromatic N) is 2. The summed E-state index contributed by atoms with van der Waals surface area (Å²) >= 11 is 1.48. The minimum atomic E-state index is -0.0153. The van der Waals surface area contributed by atoms with Gasteiger partial charge in [-0.1, -0.05) is 18.2 Å². The lowest BCUT2D eigenvalue weighted by molar-refractivity contribution is 0.395. The summed E-state index contributed by atoms with van der Waals surface area (Å²) in [6.07, 6.45) is 0.796. The predicted octanol–water partition coefficient (Wildman–Crippen LogP) is 4.85. The van der Waals surface area contributed by atoms with Crippen molar-refractivity contribution < 1.29 is 9.47 Å². The summed E-state index contributed by atoms with van der Waals surface area (Å²) in [6, 6.07) is 13.9. The van der Waals surface area contributed by atoms with Crippen LogP contribution in [-0.4, -0.2) is 28.8 Å². The maximum Gasteiger partial charge on any atom is 0.263 e. The number of aryl methyl sites for hydroxylation is 1. The van der Waals surface area contributed by atoms with Crippen molar-refractivity contribution in [3.8, 4) is 34.1 Å². The third-order valence-corrected chi connectivity index (χ3v) is 6.89. The molecule has 0 spiro atoms. The molecule has 31 heavy (non-hydrogen) atoms. The second kappa shape index (κ2) is 6.72. The highest BCUT2D eigenvalue weighted by atomic mass is 32.1. The number of methoxy groups -OCH3 is 2. The highest BCUT2D eigenvalue weighted by Crippen LogP contribution is 2.40. The van der Waals surface area contributed by atoms with Gasteiger partial charge in [-0.2, -0.15) is 0 Å². The number of para-hydroxylation sites is 1. The predicted molar refractivity (Wildman–Crippen MR) is 123 cm³/mol. The van der Waals surface area contributed by atoms with Gasteiger partial charge in [0.15, 0.2) is 5.82 Å². The first-order chi connectivity index (χ1) is 15.2. The maximum atomic E-state index is 13.6. The Labute approximate surface area is 181 Å². The average molecular weight is 430 g/mol. The van der Waals surface area contributed by atoms with E-state index < -0.39 is 0 Å². The fourth-order valence-corrected chi connectivity index (χ4v) is 5.44. The second-order valence-electron chi connectivity index (χ2n) is 7.56. The molecule has 1 aliphatic rings. The summed E-state index contributed by atoms with van der Waals surface area (Å²) in [5.74, 6) is 2.09. The molecule has 0 aliphatic carbocycles. The van der Waals surface area contributed by atoms with E-state index in [0.29, 0.717) is 29.3 Å². The molecule has 6 rings (SSSR count). The molecule has 7 heteroatoms. The Morgan fingerprint density at radius 2 is 1.97 bits per heavy atom. The molecule has 5 aromatic rings. The Bertz CT molecular complexity index is 1540. The van der Waals surface area contributed by atoms with Crippen LogP contribution in [0.5, 0.6) is 11.5 Å². The van der Waals surface area contributed by atoms with Gasteiger partial charge in [0.05, 0.1) is 25.3 Å². The van der Waals surface area contributed by atoms with E-state index in [9.17, 15) is 4.79 Å². The summed E-state index contributed by atoms with van der Waals surface area (Å²) in [6.45, 7) is 0.612. The summed E-state index contributed by atoms with van der Waals surface area (Å²) in [5, 5.41) is 3.83. The van der Waals surface area contributed by atoms with Crippen molar-refractivity contribution in [1.29, 1.82) is 0 Å². The van der Waals surface area contributed by atoms with Crippen LogP contribution in [0.1, 0.15) is 5.56 Å². The van der Waals surface area contributed by atoms with Gasteiger partial charge in [0.25, 0.3) is 5.56 Å². The molecule has 0 bridgehead atoms. The lowest BCUT2D eigenvalue weighted by Crippen LogP contribution is -2.27. The van der Waals surface area contributed by atoms with E-state index in [4.69, 9.17) is 14.5 Å². The molecule has 0 unspecified atom stereocenters. The minimum Gasteiger partial charge on any atom is -0.497 e. The number of benzene rings is 2. The molecule has 0 saturated carbocycles. The molecule has 0 saturated heterocycles. The molecule has 1 N–H and O–H groups in total. The van der Waals surface area contributed by atoms with Gasteiger partial charge in [-0.05, 0) is 30.2 Å². The first-order valence-electron chi connectivity index (χ1n) is 10.0. The molecule has 6 nitrogen and oxygen atoms in total. The van der Waals surface area contributed by atoms with Crippen LogP contribution < -0.4 is 15.0 Å². The Kier molecular flexibility index (Phi) is 3.94. The summed E-state index contributed by atoms with van der Waals surface area (Å²) < 4.78 is 12.7. The number of nitrogens with one attached hydrogen (secondary N) is 1. The first-order valence-corrected chi connectivity index (χ1v) is 10.9. The second-order valence-corrected chi connectivity index (χ2v) is 8.42. The maximum absolute atomic E-state index is 13.6. The molecule has 3 aromatic heterocycles. The first kappa shape index (κ1) is 18.2. The van der Waals surface area contributed by atoms with Crippen molar-refractivity contribution >= 4 is 32.5 Å². The van der Waals surface area contributed by atoms with Crippen LogP contribution in [0.15, 0.2) is 52.6 Å². The van der Waals surface area contributed by atoms with Gasteiger partial charge in [-0.15, -0.1) is 11.3 Å². The zero-order valence-electron chi connectivity index (χ0n) is 17.1. The quantitative estimate of drug-likeness (QED) is 0.445. The number of hydrogen-bond acceptors (Lipinski definition) is 5. The van der Waals surface area contributed by atoms with Crippen molar-refractivity contribution in [3.05, 3.63) is 63.8 Å². The lowest BCUT2D eigenvalue weighted by Gasteiger charge is -2.18. The van der Waals surface area contributed by atoms with Crippen molar-refractivity contribution in [2.45, 2.75) is 13.0 Å². The van der Waals surface area contributed by atoms with Crippen LogP contribution in [0, 0.1) is 0 Å². The SMILES string of the molecule is COc1ccc(-c2csc3nc4n(c(=O)c23)CCc2c-4[nH]c3ccccc23)c(OC)c1. The van der Waals surface area contributed by atoms with Gasteiger partial charge < -0.3 is 14.5 Å². The van der Waals surface area contributed by atoms with Crippen LogP contribution in [0.4, 0.5) is 0 Å². The number of aromatic amines is 1. The summed E-state index contributed by atoms with van der Waals surface area (Å²) in [7, 11) is 3.24. The van der Waals surface area contributed by atoms with E-state index in [1.165, 1.54) is 22.3 Å². The van der Waals surface area contributed by atoms with E-state index in [2.05, 4.69) is 17.1 Å². The smallest absolute Gasteiger partial charge is 0.263 e. The third kappa shape index (κ3) is 2.56. The van der Waals surface area contributed by atoms with E-state index in [-0.39, 0.29) is 5.56 Å². The molecule has 0 atom stereocenters. The molecule has 1 aliphatic heterocycles. The van der Waals surface area contributed by atoms with E-state index in [0.717, 1.165) is 33.6 Å². The van der Waals surface area contributed by atoms with Crippen LogP contribution in [-0.2, 0) is 13.0 Å².